The Balaban J connectivity index is 1.63. The number of anilines is 1. The molecule has 122 valence electrons. The molecule has 1 aliphatic rings. The van der Waals surface area contributed by atoms with Gasteiger partial charge in [0.05, 0.1) is 17.3 Å². The second-order valence-corrected chi connectivity index (χ2v) is 6.93. The highest BCUT2D eigenvalue weighted by Gasteiger charge is 2.18. The van der Waals surface area contributed by atoms with Crippen LogP contribution in [0.4, 0.5) is 5.69 Å². The van der Waals surface area contributed by atoms with Gasteiger partial charge < -0.3 is 11.1 Å². The Kier molecular flexibility index (Phi) is 3.95. The first-order chi connectivity index (χ1) is 11.7. The van der Waals surface area contributed by atoms with Gasteiger partial charge in [-0.25, -0.2) is 4.98 Å². The van der Waals surface area contributed by atoms with Crippen molar-refractivity contribution in [2.24, 2.45) is 5.73 Å². The van der Waals surface area contributed by atoms with Crippen molar-refractivity contribution in [1.82, 2.24) is 15.2 Å². The fourth-order valence-electron chi connectivity index (χ4n) is 2.90. The van der Waals surface area contributed by atoms with Crippen LogP contribution in [0.2, 0.25) is 0 Å². The minimum absolute atomic E-state index is 0.0536. The van der Waals surface area contributed by atoms with E-state index in [0.717, 1.165) is 34.4 Å². The van der Waals surface area contributed by atoms with Gasteiger partial charge in [-0.1, -0.05) is 6.07 Å². The van der Waals surface area contributed by atoms with E-state index in [2.05, 4.69) is 20.5 Å². The molecule has 0 unspecified atom stereocenters. The van der Waals surface area contributed by atoms with Crippen molar-refractivity contribution < 1.29 is 4.79 Å². The molecule has 6 nitrogen and oxygen atoms in total. The smallest absolute Gasteiger partial charge is 0.255 e. The van der Waals surface area contributed by atoms with E-state index >= 15 is 0 Å². The van der Waals surface area contributed by atoms with Crippen molar-refractivity contribution in [3.8, 4) is 0 Å². The van der Waals surface area contributed by atoms with E-state index in [1.165, 1.54) is 0 Å². The third kappa shape index (κ3) is 2.76. The van der Waals surface area contributed by atoms with Crippen LogP contribution in [-0.4, -0.2) is 26.8 Å². The molecule has 0 bridgehead atoms. The summed E-state index contributed by atoms with van der Waals surface area (Å²) >= 11 is 1.77. The molecule has 0 saturated carbocycles. The molecule has 2 aromatic heterocycles. The fourth-order valence-corrected chi connectivity index (χ4v) is 4.03. The van der Waals surface area contributed by atoms with Crippen molar-refractivity contribution in [2.45, 2.75) is 23.8 Å². The van der Waals surface area contributed by atoms with Gasteiger partial charge in [0.1, 0.15) is 0 Å². The zero-order chi connectivity index (χ0) is 16.5. The highest BCUT2D eigenvalue weighted by Crippen LogP contribution is 2.34. The molecule has 3 heterocycles. The maximum atomic E-state index is 12.6. The number of aromatic nitrogens is 3. The summed E-state index contributed by atoms with van der Waals surface area (Å²) in [4.78, 5) is 17.9. The zero-order valence-corrected chi connectivity index (χ0v) is 13.8. The Hall–Kier alpha value is -2.38. The van der Waals surface area contributed by atoms with E-state index in [9.17, 15) is 4.79 Å². The Morgan fingerprint density at radius 3 is 3.21 bits per heavy atom. The third-order valence-corrected chi connectivity index (χ3v) is 5.35. The number of amides is 1. The molecule has 1 aliphatic heterocycles. The van der Waals surface area contributed by atoms with Gasteiger partial charge in [0, 0.05) is 22.7 Å². The highest BCUT2D eigenvalue weighted by atomic mass is 32.2. The molecule has 4 rings (SSSR count). The number of benzene rings is 1. The van der Waals surface area contributed by atoms with Crippen LogP contribution >= 0.6 is 11.8 Å². The van der Waals surface area contributed by atoms with Crippen LogP contribution < -0.4 is 11.1 Å². The largest absolute Gasteiger partial charge is 0.324 e. The average Bonchev–Trinajstić information content (AvgIpc) is 3.00. The lowest BCUT2D eigenvalue weighted by molar-refractivity contribution is 0.102. The monoisotopic (exact) mass is 339 g/mol. The number of nitrogens with one attached hydrogen (secondary N) is 2. The molecule has 0 saturated heterocycles. The van der Waals surface area contributed by atoms with Gasteiger partial charge in [-0.15, -0.1) is 11.8 Å². The number of H-pyrrole nitrogens is 1. The quantitative estimate of drug-likeness (QED) is 0.666. The normalized spacial score (nSPS) is 17.3. The van der Waals surface area contributed by atoms with Crippen molar-refractivity contribution >= 4 is 34.4 Å². The van der Waals surface area contributed by atoms with Gasteiger partial charge >= 0.3 is 0 Å². The third-order valence-electron chi connectivity index (χ3n) is 4.19. The number of fused-ring (bicyclic) bond motifs is 2. The van der Waals surface area contributed by atoms with Crippen molar-refractivity contribution in [3.63, 3.8) is 0 Å². The fraction of sp³-hybridized carbons (Fsp3) is 0.235. The molecule has 0 aliphatic carbocycles. The second-order valence-electron chi connectivity index (χ2n) is 5.79. The molecule has 0 fully saturated rings. The lowest BCUT2D eigenvalue weighted by atomic mass is 10.0. The number of thioether (sulfide) groups is 1. The Bertz CT molecular complexity index is 907. The zero-order valence-electron chi connectivity index (χ0n) is 13.0. The molecule has 3 aromatic rings. The SMILES string of the molecule is N[C@H]1CCCSc2cc(C(=O)Nc3ccnc4[nH]ncc34)ccc21. The van der Waals surface area contributed by atoms with Crippen LogP contribution in [0.15, 0.2) is 41.6 Å². The van der Waals surface area contributed by atoms with Gasteiger partial charge in [-0.3, -0.25) is 9.89 Å². The van der Waals surface area contributed by atoms with Crippen LogP contribution in [0.25, 0.3) is 11.0 Å². The minimum atomic E-state index is -0.148. The number of nitrogens with zero attached hydrogens (tertiary/aromatic N) is 2. The maximum absolute atomic E-state index is 12.6. The van der Waals surface area contributed by atoms with Gasteiger partial charge in [0.25, 0.3) is 5.91 Å². The molecule has 24 heavy (non-hydrogen) atoms. The van der Waals surface area contributed by atoms with E-state index < -0.39 is 0 Å². The molecule has 1 aromatic carbocycles. The first kappa shape index (κ1) is 15.2. The summed E-state index contributed by atoms with van der Waals surface area (Å²) in [5.41, 5.74) is 9.32. The molecule has 0 radical (unpaired) electrons. The van der Waals surface area contributed by atoms with E-state index in [0.29, 0.717) is 16.9 Å². The Labute approximate surface area is 143 Å². The van der Waals surface area contributed by atoms with E-state index in [1.807, 2.05) is 18.2 Å². The lowest BCUT2D eigenvalue weighted by Gasteiger charge is -2.13. The van der Waals surface area contributed by atoms with Crippen molar-refractivity contribution in [1.29, 1.82) is 0 Å². The summed E-state index contributed by atoms with van der Waals surface area (Å²) in [6.45, 7) is 0. The molecule has 0 spiro atoms. The first-order valence-electron chi connectivity index (χ1n) is 7.84. The summed E-state index contributed by atoms with van der Waals surface area (Å²) in [6, 6.07) is 7.58. The highest BCUT2D eigenvalue weighted by molar-refractivity contribution is 7.99. The predicted molar refractivity (Wildman–Crippen MR) is 95.2 cm³/mol. The van der Waals surface area contributed by atoms with Crippen molar-refractivity contribution in [3.05, 3.63) is 47.8 Å². The summed E-state index contributed by atoms with van der Waals surface area (Å²) in [7, 11) is 0. The maximum Gasteiger partial charge on any atom is 0.255 e. The molecule has 4 N–H and O–H groups in total. The topological polar surface area (TPSA) is 96.7 Å². The van der Waals surface area contributed by atoms with Crippen LogP contribution in [0.5, 0.6) is 0 Å². The number of carbonyl (C=O) groups is 1. The van der Waals surface area contributed by atoms with E-state index in [4.69, 9.17) is 5.73 Å². The Morgan fingerprint density at radius 2 is 2.29 bits per heavy atom. The number of nitrogens with two attached hydrogens (primary N) is 1. The van der Waals surface area contributed by atoms with E-state index in [1.54, 1.807) is 30.2 Å². The standard InChI is InChI=1S/C17H17N5OS/c18-13-2-1-7-24-15-8-10(3-4-11(13)15)17(23)21-14-5-6-19-16-12(14)9-20-22-16/h3-6,8-9,13H,1-2,7,18H2,(H2,19,20,21,22,23)/t13-/m0/s1. The molecule has 7 heteroatoms. The molecule has 1 amide bonds. The summed E-state index contributed by atoms with van der Waals surface area (Å²) < 4.78 is 0. The molecule has 1 atom stereocenters. The average molecular weight is 339 g/mol. The summed E-state index contributed by atoms with van der Waals surface area (Å²) in [6.07, 6.45) is 5.38. The lowest BCUT2D eigenvalue weighted by Crippen LogP contribution is -2.14. The van der Waals surface area contributed by atoms with Gasteiger partial charge in [0.2, 0.25) is 0 Å². The number of pyridine rings is 1. The van der Waals surface area contributed by atoms with Gasteiger partial charge in [-0.05, 0) is 42.4 Å². The number of aromatic amines is 1. The predicted octanol–water partition coefficient (Wildman–Crippen LogP) is 3.10. The Morgan fingerprint density at radius 1 is 1.38 bits per heavy atom. The number of hydrogen-bond donors (Lipinski definition) is 3. The summed E-state index contributed by atoms with van der Waals surface area (Å²) in [5, 5.41) is 10.5. The summed E-state index contributed by atoms with van der Waals surface area (Å²) in [5.74, 6) is 0.885. The van der Waals surface area contributed by atoms with E-state index in [-0.39, 0.29) is 11.9 Å². The van der Waals surface area contributed by atoms with Crippen molar-refractivity contribution in [2.75, 3.05) is 11.1 Å². The van der Waals surface area contributed by atoms with Gasteiger partial charge in [-0.2, -0.15) is 5.10 Å². The van der Waals surface area contributed by atoms with Crippen LogP contribution in [-0.2, 0) is 0 Å². The second kappa shape index (κ2) is 6.26. The first-order valence-corrected chi connectivity index (χ1v) is 8.83. The molecular formula is C17H17N5OS. The number of rotatable bonds is 2. The number of carbonyl (C=O) groups excluding carboxylic acids is 1. The number of hydrogen-bond acceptors (Lipinski definition) is 5. The van der Waals surface area contributed by atoms with Crippen LogP contribution in [0.1, 0.15) is 34.8 Å². The van der Waals surface area contributed by atoms with Gasteiger partial charge in [0.15, 0.2) is 5.65 Å². The minimum Gasteiger partial charge on any atom is -0.324 e. The van der Waals surface area contributed by atoms with Crippen LogP contribution in [0, 0.1) is 0 Å². The van der Waals surface area contributed by atoms with Crippen LogP contribution in [0.3, 0.4) is 0 Å². The molecular weight excluding hydrogens is 322 g/mol.